The van der Waals surface area contributed by atoms with Gasteiger partial charge in [-0.3, -0.25) is 9.78 Å². The van der Waals surface area contributed by atoms with Gasteiger partial charge in [0.05, 0.1) is 28.1 Å². The van der Waals surface area contributed by atoms with Crippen molar-refractivity contribution in [2.24, 2.45) is 0 Å². The number of imidazole rings is 1. The summed E-state index contributed by atoms with van der Waals surface area (Å²) in [6.07, 6.45) is 2.56. The zero-order chi connectivity index (χ0) is 24.7. The lowest BCUT2D eigenvalue weighted by molar-refractivity contribution is -0.130. The van der Waals surface area contributed by atoms with Gasteiger partial charge in [0.15, 0.2) is 15.7 Å². The van der Waals surface area contributed by atoms with Crippen molar-refractivity contribution in [1.29, 1.82) is 0 Å². The number of sulfone groups is 1. The fourth-order valence-corrected chi connectivity index (χ4v) is 5.00. The Bertz CT molecular complexity index is 1500. The quantitative estimate of drug-likeness (QED) is 0.437. The van der Waals surface area contributed by atoms with Gasteiger partial charge in [0.1, 0.15) is 17.2 Å². The van der Waals surface area contributed by atoms with E-state index in [-0.39, 0.29) is 17.3 Å². The van der Waals surface area contributed by atoms with Crippen molar-refractivity contribution in [2.75, 3.05) is 12.8 Å². The van der Waals surface area contributed by atoms with Gasteiger partial charge in [0.2, 0.25) is 5.91 Å². The molecule has 1 saturated heterocycles. The van der Waals surface area contributed by atoms with Gasteiger partial charge < -0.3 is 19.7 Å². The minimum atomic E-state index is -3.34. The van der Waals surface area contributed by atoms with Gasteiger partial charge in [0.25, 0.3) is 0 Å². The number of H-pyrrole nitrogens is 1. The van der Waals surface area contributed by atoms with Crippen LogP contribution in [0.15, 0.2) is 65.7 Å². The van der Waals surface area contributed by atoms with Gasteiger partial charge in [-0.15, -0.1) is 0 Å². The number of rotatable bonds is 5. The third-order valence-corrected chi connectivity index (χ3v) is 7.17. The Kier molecular flexibility index (Phi) is 5.78. The predicted octanol–water partition coefficient (Wildman–Crippen LogP) is 3.47. The molecule has 5 rings (SSSR count). The van der Waals surface area contributed by atoms with Gasteiger partial charge in [0, 0.05) is 37.6 Å². The molecule has 1 amide bonds. The van der Waals surface area contributed by atoms with E-state index in [9.17, 15) is 18.3 Å². The second-order valence-electron chi connectivity index (χ2n) is 8.63. The zero-order valence-electron chi connectivity index (χ0n) is 19.2. The predicted molar refractivity (Wildman–Crippen MR) is 130 cm³/mol. The van der Waals surface area contributed by atoms with Crippen molar-refractivity contribution in [2.45, 2.75) is 30.4 Å². The van der Waals surface area contributed by atoms with Crippen LogP contribution in [-0.2, 0) is 14.6 Å². The Balaban J connectivity index is 1.60. The van der Waals surface area contributed by atoms with Crippen LogP contribution >= 0.6 is 0 Å². The van der Waals surface area contributed by atoms with Crippen molar-refractivity contribution in [3.8, 4) is 23.0 Å². The number of aliphatic hydroxyl groups excluding tert-OH is 1. The molecule has 10 heteroatoms. The van der Waals surface area contributed by atoms with E-state index in [0.717, 1.165) is 11.8 Å². The Morgan fingerprint density at radius 2 is 1.94 bits per heavy atom. The molecule has 0 aliphatic carbocycles. The summed E-state index contributed by atoms with van der Waals surface area (Å²) in [5.41, 5.74) is 2.79. The number of amides is 1. The number of benzene rings is 2. The summed E-state index contributed by atoms with van der Waals surface area (Å²) in [5, 5.41) is 10.3. The number of aliphatic hydroxyl groups is 1. The molecule has 1 fully saturated rings. The lowest BCUT2D eigenvalue weighted by Gasteiger charge is -2.25. The zero-order valence-corrected chi connectivity index (χ0v) is 20.0. The van der Waals surface area contributed by atoms with E-state index in [1.807, 2.05) is 24.3 Å². The van der Waals surface area contributed by atoms with Crippen LogP contribution in [0, 0.1) is 0 Å². The standard InChI is InChI=1S/C25H24N4O5S/c1-15(30)29-14-16(31)11-23(29)19-12-21-22(28-25(27-21)20-5-3-4-10-26-20)13-24(19)34-17-6-8-18(9-7-17)35(2,32)33/h3-10,12-13,16,23,31H,11,14H2,1-2H3,(H,27,28)/t16-,23+/m1/s1. The van der Waals surface area contributed by atoms with Crippen molar-refractivity contribution in [3.63, 3.8) is 0 Å². The molecule has 0 saturated carbocycles. The van der Waals surface area contributed by atoms with Crippen molar-refractivity contribution < 1.29 is 23.1 Å². The van der Waals surface area contributed by atoms with Crippen LogP contribution in [0.3, 0.4) is 0 Å². The van der Waals surface area contributed by atoms with Crippen molar-refractivity contribution in [3.05, 3.63) is 66.4 Å². The second-order valence-corrected chi connectivity index (χ2v) is 10.6. The molecule has 9 nitrogen and oxygen atoms in total. The summed E-state index contributed by atoms with van der Waals surface area (Å²) in [5.74, 6) is 1.35. The topological polar surface area (TPSA) is 125 Å². The number of aromatic amines is 1. The van der Waals surface area contributed by atoms with Crippen LogP contribution in [0.2, 0.25) is 0 Å². The lowest BCUT2D eigenvalue weighted by atomic mass is 10.0. The number of nitrogens with one attached hydrogen (secondary N) is 1. The molecule has 0 unspecified atom stereocenters. The van der Waals surface area contributed by atoms with Gasteiger partial charge >= 0.3 is 0 Å². The van der Waals surface area contributed by atoms with Gasteiger partial charge in [-0.05, 0) is 48.9 Å². The number of likely N-dealkylation sites (tertiary alicyclic amines) is 1. The molecule has 35 heavy (non-hydrogen) atoms. The number of fused-ring (bicyclic) bond motifs is 1. The minimum absolute atomic E-state index is 0.145. The summed E-state index contributed by atoms with van der Waals surface area (Å²) in [4.78, 5) is 26.4. The van der Waals surface area contributed by atoms with Gasteiger partial charge in [-0.1, -0.05) is 6.07 Å². The first kappa shape index (κ1) is 23.0. The fraction of sp³-hybridized carbons (Fsp3) is 0.240. The fourth-order valence-electron chi connectivity index (χ4n) is 4.37. The number of pyridine rings is 1. The number of β-amino-alcohol motifs (C(OH)–C–C–N with tert-alkyl or cyclic N) is 1. The van der Waals surface area contributed by atoms with Gasteiger partial charge in [-0.25, -0.2) is 13.4 Å². The molecule has 0 spiro atoms. The number of hydrogen-bond acceptors (Lipinski definition) is 7. The van der Waals surface area contributed by atoms with E-state index < -0.39 is 22.0 Å². The Hall–Kier alpha value is -3.76. The van der Waals surface area contributed by atoms with Crippen LogP contribution in [0.5, 0.6) is 11.5 Å². The highest BCUT2D eigenvalue weighted by atomic mass is 32.2. The molecule has 0 bridgehead atoms. The number of hydrogen-bond donors (Lipinski definition) is 2. The Labute approximate surface area is 202 Å². The lowest BCUT2D eigenvalue weighted by Crippen LogP contribution is -2.29. The summed E-state index contributed by atoms with van der Waals surface area (Å²) < 4.78 is 29.8. The van der Waals surface area contributed by atoms with Crippen LogP contribution in [-0.4, -0.2) is 58.2 Å². The summed E-state index contributed by atoms with van der Waals surface area (Å²) in [6, 6.07) is 15.0. The van der Waals surface area contributed by atoms with E-state index >= 15 is 0 Å². The highest BCUT2D eigenvalue weighted by Gasteiger charge is 2.36. The largest absolute Gasteiger partial charge is 0.457 e. The third-order valence-electron chi connectivity index (χ3n) is 6.04. The van der Waals surface area contributed by atoms with Crippen molar-refractivity contribution in [1.82, 2.24) is 19.9 Å². The number of ether oxygens (including phenoxy) is 1. The van der Waals surface area contributed by atoms with Crippen LogP contribution in [0.25, 0.3) is 22.6 Å². The molecule has 2 aromatic carbocycles. The second kappa shape index (κ2) is 8.79. The van der Waals surface area contributed by atoms with E-state index in [1.54, 1.807) is 29.3 Å². The average Bonchev–Trinajstić information content (AvgIpc) is 3.42. The minimum Gasteiger partial charge on any atom is -0.457 e. The monoisotopic (exact) mass is 492 g/mol. The molecule has 180 valence electrons. The maximum atomic E-state index is 12.3. The Morgan fingerprint density at radius 3 is 2.60 bits per heavy atom. The molecule has 2 N–H and O–H groups in total. The summed E-state index contributed by atoms with van der Waals surface area (Å²) in [7, 11) is -3.34. The first-order valence-electron chi connectivity index (χ1n) is 11.1. The molecule has 2 atom stereocenters. The number of carbonyl (C=O) groups excluding carboxylic acids is 1. The first-order valence-corrected chi connectivity index (χ1v) is 13.0. The van der Waals surface area contributed by atoms with E-state index in [4.69, 9.17) is 4.74 Å². The maximum Gasteiger partial charge on any atom is 0.220 e. The molecular weight excluding hydrogens is 468 g/mol. The first-order chi connectivity index (χ1) is 16.7. The van der Waals surface area contributed by atoms with E-state index in [0.29, 0.717) is 40.5 Å². The van der Waals surface area contributed by atoms with Crippen LogP contribution < -0.4 is 4.74 Å². The number of aromatic nitrogens is 3. The molecule has 4 aromatic rings. The van der Waals surface area contributed by atoms with E-state index in [2.05, 4.69) is 15.0 Å². The molecule has 2 aromatic heterocycles. The summed E-state index contributed by atoms with van der Waals surface area (Å²) in [6.45, 7) is 1.71. The number of carbonyl (C=O) groups is 1. The van der Waals surface area contributed by atoms with Crippen LogP contribution in [0.1, 0.15) is 24.9 Å². The van der Waals surface area contributed by atoms with Crippen molar-refractivity contribution >= 4 is 26.8 Å². The molecular formula is C25H24N4O5S. The smallest absolute Gasteiger partial charge is 0.220 e. The highest BCUT2D eigenvalue weighted by molar-refractivity contribution is 7.90. The maximum absolute atomic E-state index is 12.3. The molecule has 1 aliphatic heterocycles. The molecule has 1 aliphatic rings. The normalized spacial score (nSPS) is 18.2. The highest BCUT2D eigenvalue weighted by Crippen LogP contribution is 2.41. The molecule has 3 heterocycles. The third kappa shape index (κ3) is 4.62. The molecule has 0 radical (unpaired) electrons. The average molecular weight is 493 g/mol. The van der Waals surface area contributed by atoms with E-state index in [1.165, 1.54) is 19.1 Å². The Morgan fingerprint density at radius 1 is 1.17 bits per heavy atom. The number of nitrogens with zero attached hydrogens (tertiary/aromatic N) is 3. The SMILES string of the molecule is CC(=O)N1C[C@H](O)C[C@H]1c1cc2[nH]c(-c3ccccn3)nc2cc1Oc1ccc(S(C)(=O)=O)cc1. The van der Waals surface area contributed by atoms with Gasteiger partial charge in [-0.2, -0.15) is 0 Å². The summed E-state index contributed by atoms with van der Waals surface area (Å²) >= 11 is 0. The van der Waals surface area contributed by atoms with Crippen LogP contribution in [0.4, 0.5) is 0 Å².